The molecule has 0 aliphatic rings. The predicted molar refractivity (Wildman–Crippen MR) is 126 cm³/mol. The van der Waals surface area contributed by atoms with E-state index in [1.807, 2.05) is 60.7 Å². The van der Waals surface area contributed by atoms with E-state index in [2.05, 4.69) is 42.5 Å². The van der Waals surface area contributed by atoms with Crippen molar-refractivity contribution in [3.8, 4) is 0 Å². The van der Waals surface area contributed by atoms with Gasteiger partial charge in [0.15, 0.2) is 0 Å². The molecule has 0 aliphatic carbocycles. The fourth-order valence-electron chi connectivity index (χ4n) is 2.84. The molecule has 0 bridgehead atoms. The molecule has 0 amide bonds. The van der Waals surface area contributed by atoms with E-state index in [4.69, 9.17) is 22.0 Å². The normalized spacial score (nSPS) is 11.3. The van der Waals surface area contributed by atoms with Crippen molar-refractivity contribution >= 4 is 43.2 Å². The Labute approximate surface area is 187 Å². The second-order valence-electron chi connectivity index (χ2n) is 6.48. The van der Waals surface area contributed by atoms with E-state index < -0.39 is 0 Å². The molecule has 3 nitrogen and oxygen atoms in total. The van der Waals surface area contributed by atoms with Gasteiger partial charge in [-0.25, -0.2) is 0 Å². The molecule has 0 aliphatic heterocycles. The maximum absolute atomic E-state index is 6.20. The zero-order chi connectivity index (χ0) is 20.6. The van der Waals surface area contributed by atoms with Crippen LogP contribution in [0.25, 0.3) is 0 Å². The molecule has 30 heavy (non-hydrogen) atoms. The molecular formula is C25H20N2OSSe. The van der Waals surface area contributed by atoms with Crippen LogP contribution < -0.4 is 9.30 Å². The first-order valence-electron chi connectivity index (χ1n) is 9.55. The Kier molecular flexibility index (Phi) is 6.88. The monoisotopic (exact) mass is 476 g/mol. The van der Waals surface area contributed by atoms with E-state index in [1.54, 1.807) is 10.9 Å². The first-order valence-corrected chi connectivity index (χ1v) is 12.0. The number of aromatic nitrogens is 1. The van der Waals surface area contributed by atoms with Crippen LogP contribution in [-0.4, -0.2) is 25.6 Å². The second kappa shape index (κ2) is 10.2. The predicted octanol–water partition coefficient (Wildman–Crippen LogP) is 4.95. The SMILES string of the molecule is S=c1ccccn1OC(=Nc1ccccc1)c1ccccc1[Se]Cc1ccccc1. The third kappa shape index (κ3) is 5.33. The Bertz CT molecular complexity index is 1190. The molecule has 0 radical (unpaired) electrons. The van der Waals surface area contributed by atoms with Crippen LogP contribution in [0.3, 0.4) is 0 Å². The number of hydrogen-bond acceptors (Lipinski definition) is 3. The maximum atomic E-state index is 6.20. The minimum atomic E-state index is 0.233. The van der Waals surface area contributed by atoms with Crippen LogP contribution >= 0.6 is 12.2 Å². The van der Waals surface area contributed by atoms with Crippen LogP contribution in [-0.2, 0) is 5.32 Å². The van der Waals surface area contributed by atoms with Gasteiger partial charge in [0, 0.05) is 0 Å². The number of nitrogens with zero attached hydrogens (tertiary/aromatic N) is 2. The zero-order valence-electron chi connectivity index (χ0n) is 16.2. The van der Waals surface area contributed by atoms with Gasteiger partial charge in [-0.05, 0) is 0 Å². The standard InChI is InChI=1S/C25H20N2OSSe/c29-24-17-9-10-18-27(24)28-25(26-21-13-5-2-6-14-21)22-15-7-8-16-23(22)30-19-20-11-3-1-4-12-20/h1-18H,19H2. The minimum absolute atomic E-state index is 0.233. The van der Waals surface area contributed by atoms with Crippen molar-refractivity contribution in [2.45, 2.75) is 5.32 Å². The Hall–Kier alpha value is -2.98. The van der Waals surface area contributed by atoms with Crippen molar-refractivity contribution < 1.29 is 4.84 Å². The van der Waals surface area contributed by atoms with Crippen molar-refractivity contribution in [1.29, 1.82) is 0 Å². The number of para-hydroxylation sites is 1. The summed E-state index contributed by atoms with van der Waals surface area (Å²) in [6, 6.07) is 34.3. The molecule has 1 heterocycles. The van der Waals surface area contributed by atoms with Gasteiger partial charge in [0.1, 0.15) is 0 Å². The van der Waals surface area contributed by atoms with Crippen LogP contribution in [0.1, 0.15) is 11.1 Å². The van der Waals surface area contributed by atoms with Gasteiger partial charge in [0.2, 0.25) is 0 Å². The van der Waals surface area contributed by atoms with Gasteiger partial charge in [-0.3, -0.25) is 0 Å². The summed E-state index contributed by atoms with van der Waals surface area (Å²) in [5.74, 6) is 0.536. The zero-order valence-corrected chi connectivity index (χ0v) is 18.7. The van der Waals surface area contributed by atoms with Gasteiger partial charge < -0.3 is 0 Å². The van der Waals surface area contributed by atoms with Crippen molar-refractivity contribution in [1.82, 2.24) is 4.73 Å². The molecule has 0 unspecified atom stereocenters. The molecular weight excluding hydrogens is 455 g/mol. The average molecular weight is 475 g/mol. The Balaban J connectivity index is 1.71. The van der Waals surface area contributed by atoms with Gasteiger partial charge in [-0.1, -0.05) is 0 Å². The fourth-order valence-corrected chi connectivity index (χ4v) is 5.11. The average Bonchev–Trinajstić information content (AvgIpc) is 2.80. The van der Waals surface area contributed by atoms with Gasteiger partial charge in [0.05, 0.1) is 0 Å². The third-order valence-electron chi connectivity index (χ3n) is 4.31. The summed E-state index contributed by atoms with van der Waals surface area (Å²) in [7, 11) is 0. The van der Waals surface area contributed by atoms with Crippen molar-refractivity contribution in [2.24, 2.45) is 4.99 Å². The molecule has 0 N–H and O–H groups in total. The molecule has 4 rings (SSSR count). The number of pyridine rings is 1. The molecule has 1 aromatic heterocycles. The van der Waals surface area contributed by atoms with E-state index in [1.165, 1.54) is 10.0 Å². The first-order chi connectivity index (χ1) is 14.8. The summed E-state index contributed by atoms with van der Waals surface area (Å²) in [4.78, 5) is 11.0. The molecule has 0 saturated carbocycles. The fraction of sp³-hybridized carbons (Fsp3) is 0.0400. The summed E-state index contributed by atoms with van der Waals surface area (Å²) >= 11 is 5.65. The van der Waals surface area contributed by atoms with Gasteiger partial charge in [-0.15, -0.1) is 0 Å². The number of benzene rings is 3. The Morgan fingerprint density at radius 3 is 2.23 bits per heavy atom. The second-order valence-corrected chi connectivity index (χ2v) is 9.03. The van der Waals surface area contributed by atoms with Crippen LogP contribution in [0.2, 0.25) is 0 Å². The Morgan fingerprint density at radius 1 is 0.800 bits per heavy atom. The first kappa shape index (κ1) is 20.3. The number of rotatable bonds is 6. The summed E-state index contributed by atoms with van der Waals surface area (Å²) in [5.41, 5.74) is 3.16. The molecule has 5 heteroatoms. The quantitative estimate of drug-likeness (QED) is 0.171. The van der Waals surface area contributed by atoms with Crippen molar-refractivity contribution in [3.05, 3.63) is 125 Å². The molecule has 0 atom stereocenters. The van der Waals surface area contributed by atoms with Crippen LogP contribution in [0, 0.1) is 4.64 Å². The van der Waals surface area contributed by atoms with E-state index in [9.17, 15) is 0 Å². The summed E-state index contributed by atoms with van der Waals surface area (Å²) in [5, 5.41) is 1.01. The topological polar surface area (TPSA) is 26.5 Å². The van der Waals surface area contributed by atoms with E-state index in [0.29, 0.717) is 10.5 Å². The molecule has 0 saturated heterocycles. The van der Waals surface area contributed by atoms with E-state index >= 15 is 0 Å². The van der Waals surface area contributed by atoms with Crippen molar-refractivity contribution in [2.75, 3.05) is 0 Å². The van der Waals surface area contributed by atoms with Crippen LogP contribution in [0.4, 0.5) is 5.69 Å². The molecule has 0 fully saturated rings. The van der Waals surface area contributed by atoms with Crippen LogP contribution in [0.5, 0.6) is 0 Å². The van der Waals surface area contributed by atoms with E-state index in [-0.39, 0.29) is 15.0 Å². The molecule has 4 aromatic rings. The van der Waals surface area contributed by atoms with Crippen LogP contribution in [0.15, 0.2) is 114 Å². The number of aliphatic imine (C=N–C) groups is 1. The van der Waals surface area contributed by atoms with Crippen molar-refractivity contribution in [3.63, 3.8) is 0 Å². The summed E-state index contributed by atoms with van der Waals surface area (Å²) in [6.07, 6.45) is 1.81. The van der Waals surface area contributed by atoms with Gasteiger partial charge in [0.25, 0.3) is 0 Å². The molecule has 148 valence electrons. The van der Waals surface area contributed by atoms with Gasteiger partial charge >= 0.3 is 188 Å². The molecule has 0 spiro atoms. The summed E-state index contributed by atoms with van der Waals surface area (Å²) < 4.78 is 3.41. The summed E-state index contributed by atoms with van der Waals surface area (Å²) in [6.45, 7) is 0. The number of hydrogen-bond donors (Lipinski definition) is 0. The molecule has 3 aromatic carbocycles. The third-order valence-corrected chi connectivity index (χ3v) is 7.03. The van der Waals surface area contributed by atoms with E-state index in [0.717, 1.165) is 16.6 Å². The van der Waals surface area contributed by atoms with Gasteiger partial charge in [-0.2, -0.15) is 0 Å². The Morgan fingerprint density at radius 2 is 1.47 bits per heavy atom.